The van der Waals surface area contributed by atoms with Crippen LogP contribution < -0.4 is 0 Å². The number of nitrogens with zero attached hydrogens (tertiary/aromatic N) is 2. The molecule has 0 radical (unpaired) electrons. The Morgan fingerprint density at radius 3 is 2.93 bits per heavy atom. The number of hydrogen-bond donors (Lipinski definition) is 0. The van der Waals surface area contributed by atoms with Crippen LogP contribution in [0.5, 0.6) is 0 Å². The summed E-state index contributed by atoms with van der Waals surface area (Å²) in [6.45, 7) is 5.08. The molecule has 0 N–H and O–H groups in total. The van der Waals surface area contributed by atoms with Gasteiger partial charge < -0.3 is 9.36 Å². The van der Waals surface area contributed by atoms with Crippen molar-refractivity contribution in [1.29, 1.82) is 0 Å². The number of rotatable bonds is 2. The first-order valence-corrected chi connectivity index (χ1v) is 5.71. The van der Waals surface area contributed by atoms with Crippen molar-refractivity contribution < 1.29 is 4.79 Å². The lowest BCUT2D eigenvalue weighted by Crippen LogP contribution is -2.21. The summed E-state index contributed by atoms with van der Waals surface area (Å²) < 4.78 is 2.17. The third-order valence-corrected chi connectivity index (χ3v) is 3.24. The van der Waals surface area contributed by atoms with Gasteiger partial charge in [0.1, 0.15) is 12.1 Å². The molecule has 1 aromatic heterocycles. The summed E-state index contributed by atoms with van der Waals surface area (Å²) in [6.07, 6.45) is 2.67. The molecule has 4 heteroatoms. The Balaban J connectivity index is 2.39. The zero-order chi connectivity index (χ0) is 11.0. The van der Waals surface area contributed by atoms with Crippen molar-refractivity contribution in [1.82, 2.24) is 9.55 Å². The lowest BCUT2D eigenvalue weighted by molar-refractivity contribution is -0.111. The molecule has 1 unspecified atom stereocenters. The van der Waals surface area contributed by atoms with Gasteiger partial charge in [0.05, 0.1) is 5.69 Å². The first kappa shape index (κ1) is 10.7. The van der Waals surface area contributed by atoms with Crippen LogP contribution in [0.4, 0.5) is 0 Å². The fraction of sp³-hybridized carbons (Fsp3) is 0.636. The molecule has 0 saturated carbocycles. The van der Waals surface area contributed by atoms with Crippen molar-refractivity contribution in [3.63, 3.8) is 0 Å². The number of aldehydes is 1. The summed E-state index contributed by atoms with van der Waals surface area (Å²) in [4.78, 5) is 15.1. The van der Waals surface area contributed by atoms with Gasteiger partial charge in [-0.1, -0.05) is 25.4 Å². The van der Waals surface area contributed by atoms with Gasteiger partial charge in [-0.15, -0.1) is 0 Å². The third kappa shape index (κ3) is 1.81. The monoisotopic (exact) mass is 226 g/mol. The standard InChI is InChI=1S/C11H15ClN2O/c1-7(2)11-13-10(12)9-5-8(6-15)3-4-14(9)11/h6-8H,3-5H2,1-2H3. The Morgan fingerprint density at radius 2 is 2.33 bits per heavy atom. The molecule has 0 aromatic carbocycles. The van der Waals surface area contributed by atoms with Crippen LogP contribution in [0.25, 0.3) is 0 Å². The highest BCUT2D eigenvalue weighted by molar-refractivity contribution is 6.30. The average molecular weight is 227 g/mol. The van der Waals surface area contributed by atoms with Crippen molar-refractivity contribution in [2.24, 2.45) is 5.92 Å². The number of aromatic nitrogens is 2. The van der Waals surface area contributed by atoms with Crippen LogP contribution in [0.15, 0.2) is 0 Å². The number of imidazole rings is 1. The smallest absolute Gasteiger partial charge is 0.150 e. The number of fused-ring (bicyclic) bond motifs is 1. The molecule has 1 aromatic rings. The Labute approximate surface area is 94.4 Å². The van der Waals surface area contributed by atoms with Gasteiger partial charge in [-0.2, -0.15) is 0 Å². The molecule has 2 heterocycles. The molecular formula is C11H15ClN2O. The van der Waals surface area contributed by atoms with E-state index in [-0.39, 0.29) is 5.92 Å². The van der Waals surface area contributed by atoms with Crippen LogP contribution in [0.3, 0.4) is 0 Å². The number of halogens is 1. The molecule has 0 amide bonds. The summed E-state index contributed by atoms with van der Waals surface area (Å²) in [5.74, 6) is 1.54. The van der Waals surface area contributed by atoms with E-state index in [9.17, 15) is 4.79 Å². The van der Waals surface area contributed by atoms with Gasteiger partial charge in [-0.05, 0) is 6.42 Å². The number of carbonyl (C=O) groups excluding carboxylic acids is 1. The van der Waals surface area contributed by atoms with Gasteiger partial charge >= 0.3 is 0 Å². The van der Waals surface area contributed by atoms with Gasteiger partial charge in [-0.3, -0.25) is 0 Å². The van der Waals surface area contributed by atoms with E-state index < -0.39 is 0 Å². The molecule has 15 heavy (non-hydrogen) atoms. The third-order valence-electron chi connectivity index (χ3n) is 2.94. The Morgan fingerprint density at radius 1 is 1.60 bits per heavy atom. The maximum absolute atomic E-state index is 10.7. The second-order valence-corrected chi connectivity index (χ2v) is 4.76. The quantitative estimate of drug-likeness (QED) is 0.726. The first-order valence-electron chi connectivity index (χ1n) is 5.33. The van der Waals surface area contributed by atoms with E-state index >= 15 is 0 Å². The lowest BCUT2D eigenvalue weighted by Gasteiger charge is -2.22. The average Bonchev–Trinajstić information content (AvgIpc) is 2.56. The fourth-order valence-corrected chi connectivity index (χ4v) is 2.39. The predicted molar refractivity (Wildman–Crippen MR) is 59.2 cm³/mol. The van der Waals surface area contributed by atoms with Gasteiger partial charge in [0, 0.05) is 24.8 Å². The van der Waals surface area contributed by atoms with Crippen molar-refractivity contribution in [3.8, 4) is 0 Å². The summed E-state index contributed by atoms with van der Waals surface area (Å²) in [6, 6.07) is 0. The molecule has 0 aliphatic carbocycles. The zero-order valence-electron chi connectivity index (χ0n) is 9.03. The molecule has 0 saturated heterocycles. The van der Waals surface area contributed by atoms with Crippen molar-refractivity contribution in [2.45, 2.75) is 39.2 Å². The largest absolute Gasteiger partial charge is 0.330 e. The van der Waals surface area contributed by atoms with Crippen LogP contribution in [-0.4, -0.2) is 15.8 Å². The van der Waals surface area contributed by atoms with Crippen molar-refractivity contribution in [3.05, 3.63) is 16.7 Å². The van der Waals surface area contributed by atoms with Crippen LogP contribution >= 0.6 is 11.6 Å². The number of carbonyl (C=O) groups is 1. The molecule has 1 aliphatic rings. The zero-order valence-corrected chi connectivity index (χ0v) is 9.79. The topological polar surface area (TPSA) is 34.9 Å². The number of hydrogen-bond acceptors (Lipinski definition) is 2. The van der Waals surface area contributed by atoms with E-state index in [0.717, 1.165) is 37.2 Å². The van der Waals surface area contributed by atoms with Gasteiger partial charge in [-0.25, -0.2) is 4.98 Å². The summed E-state index contributed by atoms with van der Waals surface area (Å²) in [5.41, 5.74) is 1.03. The minimum Gasteiger partial charge on any atom is -0.330 e. The molecule has 2 rings (SSSR count). The molecule has 1 aliphatic heterocycles. The summed E-state index contributed by atoms with van der Waals surface area (Å²) in [5, 5.41) is 0.574. The highest BCUT2D eigenvalue weighted by Crippen LogP contribution is 2.29. The molecule has 1 atom stereocenters. The Hall–Kier alpha value is -0.830. The normalized spacial score (nSPS) is 20.4. The van der Waals surface area contributed by atoms with Crippen molar-refractivity contribution >= 4 is 17.9 Å². The lowest BCUT2D eigenvalue weighted by atomic mass is 9.98. The molecular weight excluding hydrogens is 212 g/mol. The molecule has 0 spiro atoms. The van der Waals surface area contributed by atoms with E-state index in [1.54, 1.807) is 0 Å². The second-order valence-electron chi connectivity index (χ2n) is 4.40. The molecule has 0 bridgehead atoms. The highest BCUT2D eigenvalue weighted by Gasteiger charge is 2.25. The SMILES string of the molecule is CC(C)c1nc(Cl)c2n1CCC(C=O)C2. The van der Waals surface area contributed by atoms with Gasteiger partial charge in [0.2, 0.25) is 0 Å². The van der Waals surface area contributed by atoms with E-state index in [2.05, 4.69) is 23.4 Å². The molecule has 0 fully saturated rings. The Kier molecular flexibility index (Phi) is 2.83. The van der Waals surface area contributed by atoms with Gasteiger partial charge in [0.25, 0.3) is 0 Å². The van der Waals surface area contributed by atoms with E-state index in [0.29, 0.717) is 11.1 Å². The maximum Gasteiger partial charge on any atom is 0.150 e. The van der Waals surface area contributed by atoms with Crippen molar-refractivity contribution in [2.75, 3.05) is 0 Å². The van der Waals surface area contributed by atoms with Crippen LogP contribution in [0, 0.1) is 5.92 Å². The highest BCUT2D eigenvalue weighted by atomic mass is 35.5. The predicted octanol–water partition coefficient (Wildman–Crippen LogP) is 2.42. The van der Waals surface area contributed by atoms with Crippen LogP contribution in [0.1, 0.15) is 37.7 Å². The Bertz CT molecular complexity index is 384. The second kappa shape index (κ2) is 3.97. The maximum atomic E-state index is 10.7. The van der Waals surface area contributed by atoms with E-state index in [4.69, 9.17) is 11.6 Å². The van der Waals surface area contributed by atoms with Crippen LogP contribution in [-0.2, 0) is 17.8 Å². The summed E-state index contributed by atoms with van der Waals surface area (Å²) >= 11 is 6.08. The van der Waals surface area contributed by atoms with Crippen LogP contribution in [0.2, 0.25) is 5.15 Å². The minimum absolute atomic E-state index is 0.117. The summed E-state index contributed by atoms with van der Waals surface area (Å²) in [7, 11) is 0. The fourth-order valence-electron chi connectivity index (χ4n) is 2.12. The van der Waals surface area contributed by atoms with E-state index in [1.165, 1.54) is 0 Å². The van der Waals surface area contributed by atoms with E-state index in [1.807, 2.05) is 0 Å². The first-order chi connectivity index (χ1) is 7.13. The molecule has 3 nitrogen and oxygen atoms in total. The minimum atomic E-state index is 0.117. The molecule has 82 valence electrons. The van der Waals surface area contributed by atoms with Gasteiger partial charge in [0.15, 0.2) is 5.15 Å².